The van der Waals surface area contributed by atoms with Gasteiger partial charge in [-0.1, -0.05) is 79.1 Å². The average molecular weight is 547 g/mol. The molecule has 4 rings (SSSR count). The number of hydrogen-bond donors (Lipinski definition) is 1. The third kappa shape index (κ3) is 6.85. The standard InChI is InChI=1S/C25H25Cl2N5OS2/c1-16(2)10-11-28-24(33)21-14-34-23(29-21)15-35-25-31-30-22(12-17-6-4-3-5-7-17)32(25)18-8-9-19(26)20(27)13-18/h3-9,13-14,16H,10-12,15H2,1-2H3,(H,28,33). The van der Waals surface area contributed by atoms with Crippen LogP contribution in [0.15, 0.2) is 59.1 Å². The summed E-state index contributed by atoms with van der Waals surface area (Å²) in [6.45, 7) is 4.91. The zero-order valence-electron chi connectivity index (χ0n) is 19.4. The number of halogens is 2. The van der Waals surface area contributed by atoms with Crippen LogP contribution in [0.3, 0.4) is 0 Å². The number of rotatable bonds is 10. The molecule has 2 aromatic heterocycles. The van der Waals surface area contributed by atoms with Crippen LogP contribution in [0, 0.1) is 5.92 Å². The first-order valence-corrected chi connectivity index (χ1v) is 13.8. The highest BCUT2D eigenvalue weighted by molar-refractivity contribution is 7.98. The van der Waals surface area contributed by atoms with Crippen molar-refractivity contribution in [2.75, 3.05) is 6.54 Å². The van der Waals surface area contributed by atoms with Crippen LogP contribution in [0.4, 0.5) is 0 Å². The van der Waals surface area contributed by atoms with Gasteiger partial charge in [-0.25, -0.2) is 4.98 Å². The number of nitrogens with one attached hydrogen (secondary N) is 1. The zero-order valence-corrected chi connectivity index (χ0v) is 22.5. The van der Waals surface area contributed by atoms with Gasteiger partial charge in [0, 0.05) is 18.3 Å². The maximum atomic E-state index is 12.4. The summed E-state index contributed by atoms with van der Waals surface area (Å²) >= 11 is 15.4. The van der Waals surface area contributed by atoms with E-state index in [1.807, 2.05) is 34.9 Å². The fraction of sp³-hybridized carbons (Fsp3) is 0.280. The van der Waals surface area contributed by atoms with Crippen molar-refractivity contribution in [2.24, 2.45) is 5.92 Å². The normalized spacial score (nSPS) is 11.2. The SMILES string of the molecule is CC(C)CCNC(=O)c1csc(CSc2nnc(Cc3ccccc3)n2-c2ccc(Cl)c(Cl)c2)n1. The van der Waals surface area contributed by atoms with Gasteiger partial charge < -0.3 is 5.32 Å². The van der Waals surface area contributed by atoms with Gasteiger partial charge in [-0.05, 0) is 36.1 Å². The molecular weight excluding hydrogens is 521 g/mol. The Hall–Kier alpha value is -2.39. The molecule has 0 aliphatic carbocycles. The monoisotopic (exact) mass is 545 g/mol. The van der Waals surface area contributed by atoms with E-state index in [1.54, 1.807) is 11.4 Å². The van der Waals surface area contributed by atoms with Crippen LogP contribution in [0.25, 0.3) is 5.69 Å². The Labute approximate surface area is 223 Å². The Bertz CT molecular complexity index is 1290. The van der Waals surface area contributed by atoms with Crippen molar-refractivity contribution in [3.63, 3.8) is 0 Å². The second kappa shape index (κ2) is 12.0. The highest BCUT2D eigenvalue weighted by Crippen LogP contribution is 2.30. The van der Waals surface area contributed by atoms with Crippen molar-refractivity contribution in [1.29, 1.82) is 0 Å². The fourth-order valence-electron chi connectivity index (χ4n) is 3.34. The van der Waals surface area contributed by atoms with Gasteiger partial charge in [0.05, 0.1) is 21.5 Å². The minimum atomic E-state index is -0.137. The van der Waals surface area contributed by atoms with Crippen molar-refractivity contribution < 1.29 is 4.79 Å². The molecule has 0 bridgehead atoms. The fourth-order valence-corrected chi connectivity index (χ4v) is 5.40. The highest BCUT2D eigenvalue weighted by atomic mass is 35.5. The molecule has 0 radical (unpaired) electrons. The summed E-state index contributed by atoms with van der Waals surface area (Å²) in [5.74, 6) is 1.76. The second-order valence-electron chi connectivity index (χ2n) is 8.35. The van der Waals surface area contributed by atoms with Gasteiger partial charge in [-0.3, -0.25) is 9.36 Å². The Balaban J connectivity index is 1.52. The predicted molar refractivity (Wildman–Crippen MR) is 144 cm³/mol. The van der Waals surface area contributed by atoms with Gasteiger partial charge in [0.15, 0.2) is 5.16 Å². The first-order valence-electron chi connectivity index (χ1n) is 11.2. The van der Waals surface area contributed by atoms with E-state index >= 15 is 0 Å². The lowest BCUT2D eigenvalue weighted by atomic mass is 10.1. The van der Waals surface area contributed by atoms with Crippen molar-refractivity contribution in [3.05, 3.63) is 86.0 Å². The predicted octanol–water partition coefficient (Wildman–Crippen LogP) is 6.69. The molecule has 35 heavy (non-hydrogen) atoms. The van der Waals surface area contributed by atoms with Crippen LogP contribution in [0.5, 0.6) is 0 Å². The summed E-state index contributed by atoms with van der Waals surface area (Å²) in [6, 6.07) is 15.6. The van der Waals surface area contributed by atoms with E-state index in [4.69, 9.17) is 23.2 Å². The van der Waals surface area contributed by atoms with E-state index in [-0.39, 0.29) is 5.91 Å². The van der Waals surface area contributed by atoms with E-state index in [0.717, 1.165) is 28.5 Å². The van der Waals surface area contributed by atoms with Gasteiger partial charge in [-0.2, -0.15) is 0 Å². The third-order valence-electron chi connectivity index (χ3n) is 5.18. The summed E-state index contributed by atoms with van der Waals surface area (Å²) in [5.41, 5.74) is 2.41. The molecule has 0 saturated heterocycles. The van der Waals surface area contributed by atoms with Crippen molar-refractivity contribution in [3.8, 4) is 5.69 Å². The molecule has 0 saturated carbocycles. The third-order valence-corrected chi connectivity index (χ3v) is 7.89. The van der Waals surface area contributed by atoms with Crippen LogP contribution < -0.4 is 5.32 Å². The largest absolute Gasteiger partial charge is 0.351 e. The molecule has 0 unspecified atom stereocenters. The van der Waals surface area contributed by atoms with Crippen LogP contribution in [-0.2, 0) is 12.2 Å². The summed E-state index contributed by atoms with van der Waals surface area (Å²) in [6.07, 6.45) is 1.56. The molecule has 2 heterocycles. The van der Waals surface area contributed by atoms with Crippen molar-refractivity contribution in [1.82, 2.24) is 25.1 Å². The Morgan fingerprint density at radius 1 is 1.11 bits per heavy atom. The molecule has 2 aromatic carbocycles. The quantitative estimate of drug-likeness (QED) is 0.225. The van der Waals surface area contributed by atoms with Crippen LogP contribution in [-0.4, -0.2) is 32.2 Å². The van der Waals surface area contributed by atoms with Crippen LogP contribution >= 0.6 is 46.3 Å². The maximum absolute atomic E-state index is 12.4. The lowest BCUT2D eigenvalue weighted by Crippen LogP contribution is -2.25. The lowest BCUT2D eigenvalue weighted by molar-refractivity contribution is 0.0947. The minimum absolute atomic E-state index is 0.137. The first-order chi connectivity index (χ1) is 16.9. The molecule has 0 atom stereocenters. The maximum Gasteiger partial charge on any atom is 0.270 e. The van der Waals surface area contributed by atoms with E-state index < -0.39 is 0 Å². The molecule has 182 valence electrons. The van der Waals surface area contributed by atoms with Gasteiger partial charge in [0.25, 0.3) is 5.91 Å². The van der Waals surface area contributed by atoms with Crippen LogP contribution in [0.2, 0.25) is 10.0 Å². The molecule has 0 fully saturated rings. The lowest BCUT2D eigenvalue weighted by Gasteiger charge is -2.11. The molecule has 1 N–H and O–H groups in total. The minimum Gasteiger partial charge on any atom is -0.351 e. The molecule has 1 amide bonds. The van der Waals surface area contributed by atoms with Crippen molar-refractivity contribution in [2.45, 2.75) is 37.6 Å². The summed E-state index contributed by atoms with van der Waals surface area (Å²) in [4.78, 5) is 16.9. The number of benzene rings is 2. The number of amides is 1. The molecular formula is C25H25Cl2N5OS2. The number of hydrogen-bond acceptors (Lipinski definition) is 6. The van der Waals surface area contributed by atoms with E-state index in [9.17, 15) is 4.79 Å². The topological polar surface area (TPSA) is 72.7 Å². The number of carbonyl (C=O) groups is 1. The van der Waals surface area contributed by atoms with Crippen molar-refractivity contribution >= 4 is 52.2 Å². The Morgan fingerprint density at radius 3 is 2.66 bits per heavy atom. The number of aromatic nitrogens is 4. The molecule has 0 aliphatic rings. The molecule has 6 nitrogen and oxygen atoms in total. The number of carbonyl (C=O) groups excluding carboxylic acids is 1. The van der Waals surface area contributed by atoms with Gasteiger partial charge in [0.1, 0.15) is 16.5 Å². The van der Waals surface area contributed by atoms with Gasteiger partial charge in [0.2, 0.25) is 0 Å². The van der Waals surface area contributed by atoms with E-state index in [2.05, 4.69) is 46.5 Å². The van der Waals surface area contributed by atoms with Crippen LogP contribution in [0.1, 0.15) is 47.2 Å². The summed E-state index contributed by atoms with van der Waals surface area (Å²) < 4.78 is 1.99. The molecule has 4 aromatic rings. The highest BCUT2D eigenvalue weighted by Gasteiger charge is 2.18. The zero-order chi connectivity index (χ0) is 24.8. The van der Waals surface area contributed by atoms with Gasteiger partial charge in [-0.15, -0.1) is 21.5 Å². The Kier molecular flexibility index (Phi) is 8.83. The molecule has 0 spiro atoms. The first kappa shape index (κ1) is 25.7. The van der Waals surface area contributed by atoms with E-state index in [1.165, 1.54) is 23.1 Å². The number of thioether (sulfide) groups is 1. The smallest absolute Gasteiger partial charge is 0.270 e. The average Bonchev–Trinajstić information content (AvgIpc) is 3.47. The second-order valence-corrected chi connectivity index (χ2v) is 11.0. The molecule has 0 aliphatic heterocycles. The summed E-state index contributed by atoms with van der Waals surface area (Å²) in [7, 11) is 0. The van der Waals surface area contributed by atoms with E-state index in [0.29, 0.717) is 45.5 Å². The summed E-state index contributed by atoms with van der Waals surface area (Å²) in [5, 5.41) is 16.2. The van der Waals surface area contributed by atoms with Gasteiger partial charge >= 0.3 is 0 Å². The number of thiazole rings is 1. The number of nitrogens with zero attached hydrogens (tertiary/aromatic N) is 4. The molecule has 10 heteroatoms. The Morgan fingerprint density at radius 2 is 1.91 bits per heavy atom.